The molecule has 1 heterocycles. The molecule has 0 aliphatic carbocycles. The van der Waals surface area contributed by atoms with Gasteiger partial charge in [-0.1, -0.05) is 25.1 Å². The Labute approximate surface area is 127 Å². The van der Waals surface area contributed by atoms with Gasteiger partial charge in [0.05, 0.1) is 6.10 Å². The maximum absolute atomic E-state index is 13.8. The highest BCUT2D eigenvalue weighted by molar-refractivity contribution is 5.21. The summed E-state index contributed by atoms with van der Waals surface area (Å²) in [5, 5.41) is 0. The van der Waals surface area contributed by atoms with Gasteiger partial charge in [-0.3, -0.25) is 0 Å². The molecular weight excluding hydrogens is 267 g/mol. The van der Waals surface area contributed by atoms with Crippen molar-refractivity contribution in [2.75, 3.05) is 26.2 Å². The monoisotopic (exact) mass is 294 g/mol. The van der Waals surface area contributed by atoms with Crippen LogP contribution >= 0.6 is 0 Å². The van der Waals surface area contributed by atoms with E-state index >= 15 is 0 Å². The van der Waals surface area contributed by atoms with Crippen molar-refractivity contribution in [1.29, 1.82) is 0 Å². The molecule has 1 saturated heterocycles. The van der Waals surface area contributed by atoms with Gasteiger partial charge in [0.25, 0.3) is 0 Å². The van der Waals surface area contributed by atoms with E-state index in [9.17, 15) is 4.39 Å². The first kappa shape index (κ1) is 16.4. The summed E-state index contributed by atoms with van der Waals surface area (Å²) in [5.74, 6) is 0.00460. The molecule has 1 aliphatic heterocycles. The van der Waals surface area contributed by atoms with Crippen LogP contribution < -0.4 is 5.73 Å². The van der Waals surface area contributed by atoms with Crippen LogP contribution in [0.15, 0.2) is 24.3 Å². The maximum Gasteiger partial charge on any atom is 0.127 e. The smallest absolute Gasteiger partial charge is 0.127 e. The quantitative estimate of drug-likeness (QED) is 0.876. The summed E-state index contributed by atoms with van der Waals surface area (Å²) in [5.41, 5.74) is 6.87. The van der Waals surface area contributed by atoms with E-state index in [1.807, 2.05) is 13.0 Å². The molecule has 2 N–H and O–H groups in total. The Morgan fingerprint density at radius 2 is 2.19 bits per heavy atom. The Balaban J connectivity index is 1.91. The minimum absolute atomic E-state index is 0.206. The number of piperidine rings is 1. The second-order valence-corrected chi connectivity index (χ2v) is 6.00. The van der Waals surface area contributed by atoms with E-state index in [0.29, 0.717) is 11.7 Å². The second kappa shape index (κ2) is 7.87. The van der Waals surface area contributed by atoms with Crippen molar-refractivity contribution >= 4 is 0 Å². The van der Waals surface area contributed by atoms with Gasteiger partial charge in [0.1, 0.15) is 5.82 Å². The molecule has 2 rings (SSSR count). The average Bonchev–Trinajstić information content (AvgIpc) is 2.48. The van der Waals surface area contributed by atoms with Gasteiger partial charge < -0.3 is 15.4 Å². The van der Waals surface area contributed by atoms with Crippen LogP contribution in [0, 0.1) is 11.7 Å². The van der Waals surface area contributed by atoms with Crippen molar-refractivity contribution in [3.8, 4) is 0 Å². The number of nitrogens with two attached hydrogens (primary N) is 1. The molecule has 0 amide bonds. The first-order valence-electron chi connectivity index (χ1n) is 7.95. The summed E-state index contributed by atoms with van der Waals surface area (Å²) in [4.78, 5) is 2.40. The molecule has 1 aromatic rings. The van der Waals surface area contributed by atoms with Crippen molar-refractivity contribution in [2.24, 2.45) is 11.7 Å². The third kappa shape index (κ3) is 4.50. The topological polar surface area (TPSA) is 38.5 Å². The number of likely N-dealkylation sites (tertiary alicyclic amines) is 1. The Morgan fingerprint density at radius 1 is 1.43 bits per heavy atom. The van der Waals surface area contributed by atoms with Crippen molar-refractivity contribution in [2.45, 2.75) is 38.8 Å². The fourth-order valence-corrected chi connectivity index (χ4v) is 3.12. The van der Waals surface area contributed by atoms with Crippen molar-refractivity contribution in [3.05, 3.63) is 35.6 Å². The fourth-order valence-electron chi connectivity index (χ4n) is 3.12. The number of hydrogen-bond acceptors (Lipinski definition) is 3. The summed E-state index contributed by atoms with van der Waals surface area (Å²) in [6, 6.07) is 6.55. The van der Waals surface area contributed by atoms with E-state index in [0.717, 1.165) is 39.1 Å². The summed E-state index contributed by atoms with van der Waals surface area (Å²) >= 11 is 0. The molecule has 1 fully saturated rings. The Bertz CT molecular complexity index is 439. The van der Waals surface area contributed by atoms with Gasteiger partial charge in [-0.15, -0.1) is 0 Å². The van der Waals surface area contributed by atoms with Gasteiger partial charge >= 0.3 is 0 Å². The Hall–Kier alpha value is -0.970. The molecule has 118 valence electrons. The van der Waals surface area contributed by atoms with Crippen LogP contribution in [-0.2, 0) is 4.74 Å². The molecule has 0 spiro atoms. The number of hydrogen-bond donors (Lipinski definition) is 1. The van der Waals surface area contributed by atoms with Crippen LogP contribution in [0.25, 0.3) is 0 Å². The van der Waals surface area contributed by atoms with Gasteiger partial charge in [-0.25, -0.2) is 4.39 Å². The normalized spacial score (nSPS) is 23.0. The minimum atomic E-state index is -0.265. The van der Waals surface area contributed by atoms with E-state index in [1.54, 1.807) is 12.1 Å². The van der Waals surface area contributed by atoms with Crippen LogP contribution in [-0.4, -0.2) is 37.2 Å². The van der Waals surface area contributed by atoms with Crippen LogP contribution in [0.4, 0.5) is 4.39 Å². The minimum Gasteiger partial charge on any atom is -0.377 e. The zero-order chi connectivity index (χ0) is 15.2. The standard InChI is InChI=1S/C17H27FN2O/c1-3-21-14-7-6-10-20(12-14)11-13(2)17(19)15-8-4-5-9-16(15)18/h4-5,8-9,13-14,17H,3,6-7,10-12,19H2,1-2H3. The van der Waals surface area contributed by atoms with Crippen LogP contribution in [0.5, 0.6) is 0 Å². The molecule has 4 heteroatoms. The van der Waals surface area contributed by atoms with E-state index in [1.165, 1.54) is 6.07 Å². The molecule has 1 aliphatic rings. The molecule has 0 bridgehead atoms. The summed E-state index contributed by atoms with van der Waals surface area (Å²) < 4.78 is 19.6. The highest BCUT2D eigenvalue weighted by Gasteiger charge is 2.24. The van der Waals surface area contributed by atoms with E-state index in [4.69, 9.17) is 10.5 Å². The molecule has 3 atom stereocenters. The molecule has 3 nitrogen and oxygen atoms in total. The molecular formula is C17H27FN2O. The molecule has 0 radical (unpaired) electrons. The number of rotatable bonds is 6. The lowest BCUT2D eigenvalue weighted by Gasteiger charge is -2.35. The Morgan fingerprint density at radius 3 is 2.90 bits per heavy atom. The zero-order valence-corrected chi connectivity index (χ0v) is 13.1. The van der Waals surface area contributed by atoms with Crippen molar-refractivity contribution < 1.29 is 9.13 Å². The predicted molar refractivity (Wildman–Crippen MR) is 83.6 cm³/mol. The molecule has 3 unspecified atom stereocenters. The average molecular weight is 294 g/mol. The lowest BCUT2D eigenvalue weighted by Crippen LogP contribution is -2.43. The summed E-state index contributed by atoms with van der Waals surface area (Å²) in [6.07, 6.45) is 2.63. The largest absolute Gasteiger partial charge is 0.377 e. The number of nitrogens with zero attached hydrogens (tertiary/aromatic N) is 1. The first-order chi connectivity index (χ1) is 10.1. The van der Waals surface area contributed by atoms with Gasteiger partial charge in [0.2, 0.25) is 0 Å². The van der Waals surface area contributed by atoms with E-state index in [-0.39, 0.29) is 17.8 Å². The number of halogens is 1. The van der Waals surface area contributed by atoms with Crippen molar-refractivity contribution in [3.63, 3.8) is 0 Å². The summed E-state index contributed by atoms with van der Waals surface area (Å²) in [7, 11) is 0. The fraction of sp³-hybridized carbons (Fsp3) is 0.647. The number of ether oxygens (including phenoxy) is 1. The highest BCUT2D eigenvalue weighted by atomic mass is 19.1. The highest BCUT2D eigenvalue weighted by Crippen LogP contribution is 2.24. The number of benzene rings is 1. The van der Waals surface area contributed by atoms with E-state index in [2.05, 4.69) is 11.8 Å². The predicted octanol–water partition coefficient (Wildman–Crippen LogP) is 2.96. The SMILES string of the molecule is CCOC1CCCN(CC(C)C(N)c2ccccc2F)C1. The van der Waals surface area contributed by atoms with Crippen LogP contribution in [0.2, 0.25) is 0 Å². The van der Waals surface area contributed by atoms with Gasteiger partial charge in [-0.05, 0) is 38.3 Å². The lowest BCUT2D eigenvalue weighted by atomic mass is 9.93. The molecule has 1 aromatic carbocycles. The third-order valence-corrected chi connectivity index (χ3v) is 4.29. The van der Waals surface area contributed by atoms with Crippen LogP contribution in [0.1, 0.15) is 38.3 Å². The second-order valence-electron chi connectivity index (χ2n) is 6.00. The van der Waals surface area contributed by atoms with E-state index < -0.39 is 0 Å². The van der Waals surface area contributed by atoms with Gasteiger partial charge in [0.15, 0.2) is 0 Å². The Kier molecular flexibility index (Phi) is 6.15. The van der Waals surface area contributed by atoms with Crippen LogP contribution in [0.3, 0.4) is 0 Å². The van der Waals surface area contributed by atoms with Gasteiger partial charge in [0, 0.05) is 31.3 Å². The van der Waals surface area contributed by atoms with Crippen molar-refractivity contribution in [1.82, 2.24) is 4.90 Å². The molecule has 0 saturated carbocycles. The molecule has 21 heavy (non-hydrogen) atoms. The first-order valence-corrected chi connectivity index (χ1v) is 7.95. The summed E-state index contributed by atoms with van der Waals surface area (Å²) in [6.45, 7) is 7.83. The van der Waals surface area contributed by atoms with Gasteiger partial charge in [-0.2, -0.15) is 0 Å². The third-order valence-electron chi connectivity index (χ3n) is 4.29. The zero-order valence-electron chi connectivity index (χ0n) is 13.1. The lowest BCUT2D eigenvalue weighted by molar-refractivity contribution is 0.00148. The molecule has 0 aromatic heterocycles. The maximum atomic E-state index is 13.8.